The third-order valence-electron chi connectivity index (χ3n) is 4.28. The summed E-state index contributed by atoms with van der Waals surface area (Å²) < 4.78 is 32.0. The van der Waals surface area contributed by atoms with Gasteiger partial charge in [-0.1, -0.05) is 0 Å². The molecule has 0 spiro atoms. The average molecular weight is 423 g/mol. The van der Waals surface area contributed by atoms with Crippen molar-refractivity contribution >= 4 is 34.0 Å². The van der Waals surface area contributed by atoms with Crippen LogP contribution < -0.4 is 15.4 Å². The van der Waals surface area contributed by atoms with Gasteiger partial charge in [-0.3, -0.25) is 14.9 Å². The predicted molar refractivity (Wildman–Crippen MR) is 100 cm³/mol. The molecule has 0 radical (unpaired) electrons. The van der Waals surface area contributed by atoms with E-state index in [4.69, 9.17) is 4.74 Å². The van der Waals surface area contributed by atoms with Crippen molar-refractivity contribution in [3.05, 3.63) is 34.4 Å². The third-order valence-corrected chi connectivity index (χ3v) is 5.75. The Balaban J connectivity index is 0.00000364. The van der Waals surface area contributed by atoms with Crippen molar-refractivity contribution in [1.82, 2.24) is 15.4 Å². The molecule has 1 aromatic rings. The summed E-state index contributed by atoms with van der Waals surface area (Å²) in [6.45, 7) is 1.44. The van der Waals surface area contributed by atoms with Gasteiger partial charge in [0.2, 0.25) is 10.0 Å². The van der Waals surface area contributed by atoms with Gasteiger partial charge >= 0.3 is 0 Å². The molecule has 0 saturated carbocycles. The van der Waals surface area contributed by atoms with Gasteiger partial charge in [0, 0.05) is 32.3 Å². The Bertz CT molecular complexity index is 750. The smallest absolute Gasteiger partial charge is 0.269 e. The van der Waals surface area contributed by atoms with E-state index in [1.165, 1.54) is 7.11 Å². The Morgan fingerprint density at radius 2 is 1.85 bits per heavy atom. The maximum Gasteiger partial charge on any atom is 0.269 e. The standard InChI is InChI=1S/C15H22N4O6S.ClH/c1-25-15(6-8-16-9-7-15)14(20)17-10-11-18-26(23,24)13-4-2-12(3-5-13)19(21)22;/h2-5,16,18H,6-11H2,1H3,(H,17,20);1H. The van der Waals surface area contributed by atoms with E-state index in [-0.39, 0.29) is 42.0 Å². The normalized spacial score (nSPS) is 16.2. The lowest BCUT2D eigenvalue weighted by molar-refractivity contribution is -0.384. The molecule has 1 saturated heterocycles. The number of nitrogens with zero attached hydrogens (tertiary/aromatic N) is 1. The summed E-state index contributed by atoms with van der Waals surface area (Å²) in [5.74, 6) is -0.268. The number of nitrogens with one attached hydrogen (secondary N) is 3. The Morgan fingerprint density at radius 1 is 1.26 bits per heavy atom. The highest BCUT2D eigenvalue weighted by Gasteiger charge is 2.39. The summed E-state index contributed by atoms with van der Waals surface area (Å²) in [7, 11) is -2.32. The van der Waals surface area contributed by atoms with Crippen molar-refractivity contribution in [3.63, 3.8) is 0 Å². The number of benzene rings is 1. The zero-order chi connectivity index (χ0) is 19.2. The SMILES string of the molecule is COC1(C(=O)NCCNS(=O)(=O)c2ccc([N+](=O)[O-])cc2)CCNCC1.Cl. The van der Waals surface area contributed by atoms with Gasteiger partial charge in [0.15, 0.2) is 0 Å². The van der Waals surface area contributed by atoms with Crippen LogP contribution in [0.5, 0.6) is 0 Å². The van der Waals surface area contributed by atoms with E-state index in [0.717, 1.165) is 24.3 Å². The molecule has 12 heteroatoms. The van der Waals surface area contributed by atoms with Crippen LogP contribution in [0, 0.1) is 10.1 Å². The summed E-state index contributed by atoms with van der Waals surface area (Å²) in [5.41, 5.74) is -1.08. The monoisotopic (exact) mass is 422 g/mol. The minimum absolute atomic E-state index is 0. The number of nitro groups is 1. The fourth-order valence-electron chi connectivity index (χ4n) is 2.71. The Hall–Kier alpha value is -1.79. The van der Waals surface area contributed by atoms with E-state index >= 15 is 0 Å². The molecule has 1 amide bonds. The van der Waals surface area contributed by atoms with Crippen molar-refractivity contribution in [3.8, 4) is 0 Å². The molecule has 1 aliphatic rings. The Labute approximate surface area is 163 Å². The molecule has 0 atom stereocenters. The first-order chi connectivity index (χ1) is 12.3. The molecule has 152 valence electrons. The highest BCUT2D eigenvalue weighted by Crippen LogP contribution is 2.22. The first kappa shape index (κ1) is 23.2. The summed E-state index contributed by atoms with van der Waals surface area (Å²) in [4.78, 5) is 22.3. The zero-order valence-electron chi connectivity index (χ0n) is 14.8. The lowest BCUT2D eigenvalue weighted by Crippen LogP contribution is -2.54. The molecule has 0 aliphatic carbocycles. The topological polar surface area (TPSA) is 140 Å². The van der Waals surface area contributed by atoms with E-state index in [0.29, 0.717) is 25.9 Å². The van der Waals surface area contributed by atoms with Crippen LogP contribution in [-0.4, -0.2) is 58.1 Å². The number of amides is 1. The summed E-state index contributed by atoms with van der Waals surface area (Å²) in [6, 6.07) is 4.56. The quantitative estimate of drug-likeness (QED) is 0.308. The summed E-state index contributed by atoms with van der Waals surface area (Å²) in [6.07, 6.45) is 1.09. The molecule has 0 unspecified atom stereocenters. The lowest BCUT2D eigenvalue weighted by Gasteiger charge is -2.34. The minimum atomic E-state index is -3.81. The Kier molecular flexibility index (Phi) is 8.57. The van der Waals surface area contributed by atoms with Gasteiger partial charge in [-0.25, -0.2) is 13.1 Å². The molecule has 1 aromatic carbocycles. The highest BCUT2D eigenvalue weighted by atomic mass is 35.5. The van der Waals surface area contributed by atoms with Crippen molar-refractivity contribution in [2.24, 2.45) is 0 Å². The van der Waals surface area contributed by atoms with Crippen molar-refractivity contribution in [2.45, 2.75) is 23.3 Å². The summed E-state index contributed by atoms with van der Waals surface area (Å²) >= 11 is 0. The summed E-state index contributed by atoms with van der Waals surface area (Å²) in [5, 5.41) is 16.4. The maximum atomic E-state index is 12.3. The van der Waals surface area contributed by atoms with Crippen molar-refractivity contribution in [2.75, 3.05) is 33.3 Å². The van der Waals surface area contributed by atoms with Crippen LogP contribution in [0.3, 0.4) is 0 Å². The van der Waals surface area contributed by atoms with Gasteiger partial charge in [-0.15, -0.1) is 12.4 Å². The lowest BCUT2D eigenvalue weighted by atomic mass is 9.91. The first-order valence-electron chi connectivity index (χ1n) is 8.09. The Morgan fingerprint density at radius 3 is 2.37 bits per heavy atom. The van der Waals surface area contributed by atoms with Gasteiger partial charge in [0.1, 0.15) is 5.60 Å². The molecule has 27 heavy (non-hydrogen) atoms. The van der Waals surface area contributed by atoms with E-state index < -0.39 is 20.5 Å². The number of carbonyl (C=O) groups excluding carboxylic acids is 1. The number of sulfonamides is 1. The van der Waals surface area contributed by atoms with E-state index in [9.17, 15) is 23.3 Å². The second-order valence-electron chi connectivity index (χ2n) is 5.85. The van der Waals surface area contributed by atoms with Gasteiger partial charge in [0.05, 0.1) is 9.82 Å². The van der Waals surface area contributed by atoms with Crippen molar-refractivity contribution in [1.29, 1.82) is 0 Å². The van der Waals surface area contributed by atoms with Gasteiger partial charge in [0.25, 0.3) is 11.6 Å². The third kappa shape index (κ3) is 5.84. The van der Waals surface area contributed by atoms with Crippen LogP contribution in [-0.2, 0) is 19.6 Å². The number of halogens is 1. The number of piperidine rings is 1. The first-order valence-corrected chi connectivity index (χ1v) is 9.57. The number of non-ortho nitro benzene ring substituents is 1. The van der Waals surface area contributed by atoms with E-state index in [1.54, 1.807) is 0 Å². The molecule has 1 aliphatic heterocycles. The number of nitro benzene ring substituents is 1. The van der Waals surface area contributed by atoms with Crippen LogP contribution in [0.2, 0.25) is 0 Å². The second-order valence-corrected chi connectivity index (χ2v) is 7.62. The average Bonchev–Trinajstić information content (AvgIpc) is 2.65. The largest absolute Gasteiger partial charge is 0.368 e. The number of hydrogen-bond acceptors (Lipinski definition) is 7. The second kappa shape index (κ2) is 9.95. The van der Waals surface area contributed by atoms with Crippen LogP contribution in [0.15, 0.2) is 29.2 Å². The van der Waals surface area contributed by atoms with Crippen LogP contribution in [0.25, 0.3) is 0 Å². The van der Waals surface area contributed by atoms with Crippen LogP contribution in [0.1, 0.15) is 12.8 Å². The number of ether oxygens (including phenoxy) is 1. The number of carbonyl (C=O) groups is 1. The highest BCUT2D eigenvalue weighted by molar-refractivity contribution is 7.89. The molecule has 0 aromatic heterocycles. The van der Waals surface area contributed by atoms with E-state index in [1.807, 2.05) is 0 Å². The van der Waals surface area contributed by atoms with Gasteiger partial charge in [-0.2, -0.15) is 0 Å². The fourth-order valence-corrected chi connectivity index (χ4v) is 3.74. The van der Waals surface area contributed by atoms with E-state index in [2.05, 4.69) is 15.4 Å². The number of rotatable bonds is 8. The molecular weight excluding hydrogens is 400 g/mol. The minimum Gasteiger partial charge on any atom is -0.368 e. The predicted octanol–water partition coefficient (Wildman–Crippen LogP) is 0.180. The molecule has 3 N–H and O–H groups in total. The molecule has 1 fully saturated rings. The van der Waals surface area contributed by atoms with Crippen LogP contribution in [0.4, 0.5) is 5.69 Å². The molecular formula is C15H23ClN4O6S. The van der Waals surface area contributed by atoms with Gasteiger partial charge in [-0.05, 0) is 38.1 Å². The van der Waals surface area contributed by atoms with Crippen LogP contribution >= 0.6 is 12.4 Å². The molecule has 1 heterocycles. The fraction of sp³-hybridized carbons (Fsp3) is 0.533. The van der Waals surface area contributed by atoms with Crippen molar-refractivity contribution < 1.29 is 22.9 Å². The molecule has 2 rings (SSSR count). The molecule has 10 nitrogen and oxygen atoms in total. The molecule has 0 bridgehead atoms. The maximum absolute atomic E-state index is 12.3. The zero-order valence-corrected chi connectivity index (χ0v) is 16.4. The number of hydrogen-bond donors (Lipinski definition) is 3. The number of methoxy groups -OCH3 is 1. The van der Waals surface area contributed by atoms with Gasteiger partial charge < -0.3 is 15.4 Å².